The maximum Gasteiger partial charge on any atom is 0.226 e. The van der Waals surface area contributed by atoms with Crippen molar-refractivity contribution < 1.29 is 14.3 Å². The van der Waals surface area contributed by atoms with Gasteiger partial charge in [-0.3, -0.25) is 9.59 Å². The van der Waals surface area contributed by atoms with Crippen LogP contribution in [0.25, 0.3) is 0 Å². The minimum absolute atomic E-state index is 0.108. The Morgan fingerprint density at radius 1 is 1.36 bits per heavy atom. The van der Waals surface area contributed by atoms with Crippen LogP contribution in [0.15, 0.2) is 29.6 Å². The van der Waals surface area contributed by atoms with Gasteiger partial charge in [-0.05, 0) is 31.0 Å². The molecule has 1 N–H and O–H groups in total. The number of hydrogen-bond donors (Lipinski definition) is 1. The summed E-state index contributed by atoms with van der Waals surface area (Å²) < 4.78 is 5.59. The number of thiazole rings is 1. The van der Waals surface area contributed by atoms with Gasteiger partial charge in [-0.15, -0.1) is 11.3 Å². The summed E-state index contributed by atoms with van der Waals surface area (Å²) in [5.41, 5.74) is 1.52. The van der Waals surface area contributed by atoms with E-state index in [1.54, 1.807) is 5.38 Å². The van der Waals surface area contributed by atoms with Crippen LogP contribution in [-0.4, -0.2) is 23.3 Å². The lowest BCUT2D eigenvalue weighted by atomic mass is 10.2. The number of hydrogen-bond acceptors (Lipinski definition) is 5. The third-order valence-corrected chi connectivity index (χ3v) is 3.68. The van der Waals surface area contributed by atoms with Gasteiger partial charge in [0.2, 0.25) is 5.91 Å². The van der Waals surface area contributed by atoms with Crippen molar-refractivity contribution in [2.24, 2.45) is 0 Å². The summed E-state index contributed by atoms with van der Waals surface area (Å²) in [7, 11) is 0. The first-order chi connectivity index (χ1) is 10.5. The number of anilines is 1. The Bertz CT molecular complexity index is 667. The molecular formula is C16H18N2O3S. The second-order valence-electron chi connectivity index (χ2n) is 4.91. The van der Waals surface area contributed by atoms with Crippen LogP contribution < -0.4 is 10.1 Å². The zero-order valence-corrected chi connectivity index (χ0v) is 13.4. The lowest BCUT2D eigenvalue weighted by Crippen LogP contribution is -2.12. The highest BCUT2D eigenvalue weighted by Crippen LogP contribution is 2.16. The number of nitrogens with one attached hydrogen (secondary N) is 1. The molecule has 1 amide bonds. The quantitative estimate of drug-likeness (QED) is 0.627. The zero-order valence-electron chi connectivity index (χ0n) is 12.6. The summed E-state index contributed by atoms with van der Waals surface area (Å²) >= 11 is 1.25. The van der Waals surface area contributed by atoms with E-state index in [4.69, 9.17) is 4.74 Å². The minimum Gasteiger partial charge on any atom is -0.494 e. The summed E-state index contributed by atoms with van der Waals surface area (Å²) in [5.74, 6) is 0.576. The maximum atomic E-state index is 11.8. The van der Waals surface area contributed by atoms with Gasteiger partial charge in [0.25, 0.3) is 0 Å². The number of rotatable bonds is 7. The molecule has 0 unspecified atom stereocenters. The van der Waals surface area contributed by atoms with Crippen LogP contribution in [0.1, 0.15) is 35.8 Å². The number of nitrogens with zero attached hydrogens (tertiary/aromatic N) is 1. The van der Waals surface area contributed by atoms with Crippen molar-refractivity contribution in [1.29, 1.82) is 0 Å². The number of carbonyl (C=O) groups is 2. The third-order valence-electron chi connectivity index (χ3n) is 2.92. The highest BCUT2D eigenvalue weighted by atomic mass is 32.1. The first kappa shape index (κ1) is 16.2. The topological polar surface area (TPSA) is 68.3 Å². The first-order valence-electron chi connectivity index (χ1n) is 7.00. The maximum absolute atomic E-state index is 11.8. The molecule has 1 aromatic heterocycles. The molecule has 0 aliphatic carbocycles. The van der Waals surface area contributed by atoms with Crippen LogP contribution in [0.4, 0.5) is 5.13 Å². The fraction of sp³-hybridized carbons (Fsp3) is 0.312. The Kier molecular flexibility index (Phi) is 5.66. The molecule has 2 aromatic rings. The van der Waals surface area contributed by atoms with Gasteiger partial charge in [-0.1, -0.05) is 12.1 Å². The fourth-order valence-electron chi connectivity index (χ4n) is 1.80. The molecule has 5 nitrogen and oxygen atoms in total. The smallest absolute Gasteiger partial charge is 0.226 e. The number of benzene rings is 1. The lowest BCUT2D eigenvalue weighted by Gasteiger charge is -2.06. The molecule has 22 heavy (non-hydrogen) atoms. The van der Waals surface area contributed by atoms with Gasteiger partial charge in [-0.2, -0.15) is 0 Å². The van der Waals surface area contributed by atoms with E-state index >= 15 is 0 Å². The van der Waals surface area contributed by atoms with E-state index in [2.05, 4.69) is 10.3 Å². The van der Waals surface area contributed by atoms with Crippen molar-refractivity contribution in [3.8, 4) is 5.75 Å². The van der Waals surface area contributed by atoms with Crippen LogP contribution in [0.2, 0.25) is 0 Å². The van der Waals surface area contributed by atoms with Crippen LogP contribution in [0, 0.1) is 6.92 Å². The summed E-state index contributed by atoms with van der Waals surface area (Å²) in [4.78, 5) is 26.9. The van der Waals surface area contributed by atoms with Crippen molar-refractivity contribution in [2.45, 2.75) is 26.7 Å². The Morgan fingerprint density at radius 3 is 2.86 bits per heavy atom. The van der Waals surface area contributed by atoms with Crippen LogP contribution >= 0.6 is 11.3 Å². The average Bonchev–Trinajstić information content (AvgIpc) is 2.92. The Hall–Kier alpha value is -2.21. The van der Waals surface area contributed by atoms with E-state index in [0.29, 0.717) is 30.3 Å². The molecule has 0 bridgehead atoms. The van der Waals surface area contributed by atoms with E-state index in [1.165, 1.54) is 18.3 Å². The van der Waals surface area contributed by atoms with Crippen LogP contribution in [-0.2, 0) is 4.79 Å². The van der Waals surface area contributed by atoms with Crippen molar-refractivity contribution in [3.05, 3.63) is 40.9 Å². The summed E-state index contributed by atoms with van der Waals surface area (Å²) in [5, 5.41) is 4.78. The number of aromatic nitrogens is 1. The summed E-state index contributed by atoms with van der Waals surface area (Å²) in [6, 6.07) is 7.79. The Balaban J connectivity index is 1.70. The molecular weight excluding hydrogens is 300 g/mol. The molecule has 0 atom stereocenters. The number of Topliss-reactive ketones (excluding diaryl/α,β-unsaturated/α-hetero) is 1. The molecule has 0 saturated carbocycles. The van der Waals surface area contributed by atoms with Gasteiger partial charge >= 0.3 is 0 Å². The highest BCUT2D eigenvalue weighted by molar-refractivity contribution is 7.14. The fourth-order valence-corrected chi connectivity index (χ4v) is 2.57. The second-order valence-corrected chi connectivity index (χ2v) is 5.77. The molecule has 6 heteroatoms. The van der Waals surface area contributed by atoms with E-state index in [9.17, 15) is 9.59 Å². The SMILES string of the molecule is CC(=O)c1csc(NC(=O)CCCOc2cccc(C)c2)n1. The molecule has 116 valence electrons. The molecule has 0 radical (unpaired) electrons. The highest BCUT2D eigenvalue weighted by Gasteiger charge is 2.09. The minimum atomic E-state index is -0.128. The molecule has 0 aliphatic heterocycles. The monoisotopic (exact) mass is 318 g/mol. The van der Waals surface area contributed by atoms with Gasteiger partial charge < -0.3 is 10.1 Å². The standard InChI is InChI=1S/C16H18N2O3S/c1-11-5-3-6-13(9-11)21-8-4-7-15(20)18-16-17-14(10-22-16)12(2)19/h3,5-6,9-10H,4,7-8H2,1-2H3,(H,17,18,20). The van der Waals surface area contributed by atoms with Crippen molar-refractivity contribution in [1.82, 2.24) is 4.98 Å². The average molecular weight is 318 g/mol. The third kappa shape index (κ3) is 4.96. The number of ether oxygens (including phenoxy) is 1. The van der Waals surface area contributed by atoms with Gasteiger partial charge in [0.1, 0.15) is 11.4 Å². The number of carbonyl (C=O) groups excluding carboxylic acids is 2. The molecule has 1 aromatic carbocycles. The van der Waals surface area contributed by atoms with Crippen LogP contribution in [0.3, 0.4) is 0 Å². The largest absolute Gasteiger partial charge is 0.494 e. The Morgan fingerprint density at radius 2 is 2.18 bits per heavy atom. The summed E-state index contributed by atoms with van der Waals surface area (Å²) in [6.07, 6.45) is 0.964. The Labute approximate surface area is 133 Å². The van der Waals surface area contributed by atoms with E-state index < -0.39 is 0 Å². The van der Waals surface area contributed by atoms with Gasteiger partial charge in [0, 0.05) is 18.7 Å². The predicted octanol–water partition coefficient (Wildman–Crippen LogP) is 3.45. The zero-order chi connectivity index (χ0) is 15.9. The first-order valence-corrected chi connectivity index (χ1v) is 7.88. The van der Waals surface area contributed by atoms with Crippen molar-refractivity contribution >= 4 is 28.2 Å². The molecule has 1 heterocycles. The molecule has 0 aliphatic rings. The number of aryl methyl sites for hydroxylation is 1. The lowest BCUT2D eigenvalue weighted by molar-refractivity contribution is -0.116. The molecule has 0 fully saturated rings. The van der Waals surface area contributed by atoms with E-state index in [-0.39, 0.29) is 11.7 Å². The summed E-state index contributed by atoms with van der Waals surface area (Å²) in [6.45, 7) is 3.93. The predicted molar refractivity (Wildman–Crippen MR) is 86.7 cm³/mol. The molecule has 0 spiro atoms. The number of ketones is 1. The molecule has 2 rings (SSSR count). The van der Waals surface area contributed by atoms with Crippen molar-refractivity contribution in [2.75, 3.05) is 11.9 Å². The number of amides is 1. The van der Waals surface area contributed by atoms with E-state index in [0.717, 1.165) is 11.3 Å². The normalized spacial score (nSPS) is 10.3. The van der Waals surface area contributed by atoms with Gasteiger partial charge in [0.15, 0.2) is 10.9 Å². The van der Waals surface area contributed by atoms with E-state index in [1.807, 2.05) is 31.2 Å². The van der Waals surface area contributed by atoms with Gasteiger partial charge in [-0.25, -0.2) is 4.98 Å². The molecule has 0 saturated heterocycles. The van der Waals surface area contributed by atoms with Crippen LogP contribution in [0.5, 0.6) is 5.75 Å². The van der Waals surface area contributed by atoms with Gasteiger partial charge in [0.05, 0.1) is 6.61 Å². The van der Waals surface area contributed by atoms with Crippen molar-refractivity contribution in [3.63, 3.8) is 0 Å². The second kappa shape index (κ2) is 7.70.